The van der Waals surface area contributed by atoms with E-state index in [-0.39, 0.29) is 0 Å². The first-order valence-electron chi connectivity index (χ1n) is 6.44. The number of methoxy groups -OCH3 is 1. The number of rotatable bonds is 3. The number of hydrogen-bond donors (Lipinski definition) is 1. The van der Waals surface area contributed by atoms with Crippen LogP contribution in [0.25, 0.3) is 0 Å². The predicted molar refractivity (Wildman–Crippen MR) is 81.6 cm³/mol. The third-order valence-electron chi connectivity index (χ3n) is 3.43. The van der Waals surface area contributed by atoms with Crippen molar-refractivity contribution >= 4 is 12.2 Å². The van der Waals surface area contributed by atoms with Crippen LogP contribution < -0.4 is 10.5 Å². The van der Waals surface area contributed by atoms with E-state index >= 15 is 0 Å². The molecule has 0 atom stereocenters. The lowest BCUT2D eigenvalue weighted by Gasteiger charge is -2.13. The number of benzene rings is 1. The minimum Gasteiger partial charge on any atom is -0.496 e. The van der Waals surface area contributed by atoms with Gasteiger partial charge in [-0.15, -0.1) is 0 Å². The maximum Gasteiger partial charge on any atom is 0.221 e. The van der Waals surface area contributed by atoms with E-state index in [1.165, 1.54) is 0 Å². The first-order valence-corrected chi connectivity index (χ1v) is 6.44. The lowest BCUT2D eigenvalue weighted by molar-refractivity contribution is 0.408. The van der Waals surface area contributed by atoms with Crippen molar-refractivity contribution < 1.29 is 4.74 Å². The number of imidazole rings is 1. The van der Waals surface area contributed by atoms with E-state index in [2.05, 4.69) is 23.1 Å². The smallest absolute Gasteiger partial charge is 0.221 e. The zero-order valence-corrected chi connectivity index (χ0v) is 12.6. The number of aryl methyl sites for hydroxylation is 2. The highest BCUT2D eigenvalue weighted by Crippen LogP contribution is 2.27. The van der Waals surface area contributed by atoms with Crippen molar-refractivity contribution in [3.63, 3.8) is 0 Å². The fraction of sp³-hybridized carbons (Fsp3) is 0.333. The monoisotopic (exact) mass is 272 g/mol. The number of nitrogens with zero attached hydrogens (tertiary/aromatic N) is 3. The first kappa shape index (κ1) is 14.1. The van der Waals surface area contributed by atoms with E-state index in [1.807, 2.05) is 20.8 Å². The molecule has 20 heavy (non-hydrogen) atoms. The second-order valence-corrected chi connectivity index (χ2v) is 4.90. The lowest BCUT2D eigenvalue weighted by Crippen LogP contribution is -2.00. The molecule has 0 spiro atoms. The summed E-state index contributed by atoms with van der Waals surface area (Å²) >= 11 is 0. The molecule has 0 amide bonds. The third-order valence-corrected chi connectivity index (χ3v) is 3.43. The van der Waals surface area contributed by atoms with Crippen LogP contribution in [0.4, 0.5) is 5.95 Å². The molecule has 0 radical (unpaired) electrons. The molecule has 2 aromatic rings. The summed E-state index contributed by atoms with van der Waals surface area (Å²) in [4.78, 5) is 4.12. The van der Waals surface area contributed by atoms with Crippen molar-refractivity contribution in [2.24, 2.45) is 5.10 Å². The van der Waals surface area contributed by atoms with Crippen molar-refractivity contribution in [1.82, 2.24) is 9.66 Å². The first-order chi connectivity index (χ1) is 9.43. The Morgan fingerprint density at radius 1 is 1.25 bits per heavy atom. The Hall–Kier alpha value is -2.30. The minimum absolute atomic E-state index is 0.387. The number of anilines is 1. The van der Waals surface area contributed by atoms with Gasteiger partial charge in [0.2, 0.25) is 5.95 Å². The highest BCUT2D eigenvalue weighted by Gasteiger charge is 2.09. The second kappa shape index (κ2) is 5.36. The number of hydrogen-bond acceptors (Lipinski definition) is 4. The zero-order chi connectivity index (χ0) is 14.9. The molecule has 106 valence electrons. The summed E-state index contributed by atoms with van der Waals surface area (Å²) < 4.78 is 6.99. The maximum atomic E-state index is 5.77. The Morgan fingerprint density at radius 2 is 1.95 bits per heavy atom. The Labute approximate surface area is 119 Å². The van der Waals surface area contributed by atoms with Crippen LogP contribution in [0, 0.1) is 27.7 Å². The molecule has 0 saturated carbocycles. The van der Waals surface area contributed by atoms with Gasteiger partial charge in [-0.25, -0.2) is 9.66 Å². The van der Waals surface area contributed by atoms with Crippen molar-refractivity contribution in [3.05, 3.63) is 40.2 Å². The number of nitrogens with two attached hydrogens (primary N) is 1. The van der Waals surface area contributed by atoms with Crippen molar-refractivity contribution in [2.75, 3.05) is 12.8 Å². The highest BCUT2D eigenvalue weighted by molar-refractivity contribution is 5.83. The number of aromatic nitrogens is 2. The van der Waals surface area contributed by atoms with Gasteiger partial charge in [0, 0.05) is 0 Å². The lowest BCUT2D eigenvalue weighted by atomic mass is 9.99. The zero-order valence-electron chi connectivity index (χ0n) is 12.6. The topological polar surface area (TPSA) is 65.4 Å². The van der Waals surface area contributed by atoms with Crippen LogP contribution in [0.5, 0.6) is 5.75 Å². The normalized spacial score (nSPS) is 11.2. The minimum atomic E-state index is 0.387. The highest BCUT2D eigenvalue weighted by atomic mass is 16.5. The van der Waals surface area contributed by atoms with Crippen molar-refractivity contribution in [1.29, 1.82) is 0 Å². The predicted octanol–water partition coefficient (Wildman–Crippen LogP) is 2.59. The van der Waals surface area contributed by atoms with Crippen molar-refractivity contribution in [3.8, 4) is 5.75 Å². The molecule has 0 fully saturated rings. The van der Waals surface area contributed by atoms with E-state index < -0.39 is 0 Å². The van der Waals surface area contributed by atoms with Gasteiger partial charge in [-0.3, -0.25) is 0 Å². The van der Waals surface area contributed by atoms with Gasteiger partial charge in [0.25, 0.3) is 0 Å². The molecule has 0 aliphatic rings. The number of nitrogen functional groups attached to an aromatic ring is 1. The molecule has 0 aliphatic heterocycles. The van der Waals surface area contributed by atoms with Crippen LogP contribution >= 0.6 is 0 Å². The number of ether oxygens (including phenoxy) is 1. The molecule has 1 heterocycles. The van der Waals surface area contributed by atoms with E-state index in [0.29, 0.717) is 5.95 Å². The standard InChI is InChI=1S/C15H20N4O/c1-9-6-13(11(3)12(4)14(9)20-5)7-17-19-8-10(2)18-15(19)16/h6-8H,1-5H3,(H2,16,18). The van der Waals surface area contributed by atoms with Gasteiger partial charge in [0.15, 0.2) is 0 Å². The maximum absolute atomic E-state index is 5.77. The van der Waals surface area contributed by atoms with Gasteiger partial charge >= 0.3 is 0 Å². The van der Waals surface area contributed by atoms with Crippen LogP contribution in [0.15, 0.2) is 17.4 Å². The summed E-state index contributed by atoms with van der Waals surface area (Å²) in [5.41, 5.74) is 11.0. The average molecular weight is 272 g/mol. The fourth-order valence-corrected chi connectivity index (χ4v) is 2.26. The van der Waals surface area contributed by atoms with Crippen LogP contribution in [0.2, 0.25) is 0 Å². The molecule has 5 nitrogen and oxygen atoms in total. The van der Waals surface area contributed by atoms with Crippen molar-refractivity contribution in [2.45, 2.75) is 27.7 Å². The molecular formula is C15H20N4O. The molecule has 0 unspecified atom stereocenters. The fourth-order valence-electron chi connectivity index (χ4n) is 2.26. The summed E-state index contributed by atoms with van der Waals surface area (Å²) in [5, 5.41) is 4.36. The van der Waals surface area contributed by atoms with E-state index in [1.54, 1.807) is 24.2 Å². The van der Waals surface area contributed by atoms with Crippen LogP contribution in [0.1, 0.15) is 27.9 Å². The molecule has 1 aromatic heterocycles. The van der Waals surface area contributed by atoms with Crippen LogP contribution in [-0.2, 0) is 0 Å². The molecule has 0 bridgehead atoms. The Bertz CT molecular complexity index is 671. The van der Waals surface area contributed by atoms with E-state index in [0.717, 1.165) is 33.7 Å². The Kier molecular flexibility index (Phi) is 3.79. The summed E-state index contributed by atoms with van der Waals surface area (Å²) in [5.74, 6) is 1.32. The molecule has 2 N–H and O–H groups in total. The quantitative estimate of drug-likeness (QED) is 0.873. The SMILES string of the molecule is COc1c(C)cc(C=Nn2cc(C)nc2N)c(C)c1C. The van der Waals surface area contributed by atoms with Gasteiger partial charge in [-0.2, -0.15) is 5.10 Å². The largest absolute Gasteiger partial charge is 0.496 e. The summed E-state index contributed by atoms with van der Waals surface area (Å²) in [7, 11) is 1.69. The second-order valence-electron chi connectivity index (χ2n) is 4.90. The molecule has 0 saturated heterocycles. The third kappa shape index (κ3) is 2.52. The van der Waals surface area contributed by atoms with Gasteiger partial charge < -0.3 is 10.5 Å². The summed E-state index contributed by atoms with van der Waals surface area (Å²) in [6, 6.07) is 2.06. The molecule has 0 aliphatic carbocycles. The molecule has 2 rings (SSSR count). The average Bonchev–Trinajstić information content (AvgIpc) is 2.71. The van der Waals surface area contributed by atoms with Gasteiger partial charge in [-0.05, 0) is 56.0 Å². The molecule has 1 aromatic carbocycles. The van der Waals surface area contributed by atoms with Crippen LogP contribution in [-0.4, -0.2) is 23.0 Å². The van der Waals surface area contributed by atoms with Crippen LogP contribution in [0.3, 0.4) is 0 Å². The summed E-state index contributed by atoms with van der Waals surface area (Å²) in [6.07, 6.45) is 3.59. The van der Waals surface area contributed by atoms with E-state index in [4.69, 9.17) is 10.5 Å². The van der Waals surface area contributed by atoms with Gasteiger partial charge in [-0.1, -0.05) is 0 Å². The summed E-state index contributed by atoms with van der Waals surface area (Å²) in [6.45, 7) is 8.02. The van der Waals surface area contributed by atoms with Gasteiger partial charge in [0.05, 0.1) is 25.2 Å². The Balaban J connectivity index is 2.42. The van der Waals surface area contributed by atoms with E-state index in [9.17, 15) is 0 Å². The van der Waals surface area contributed by atoms with Gasteiger partial charge in [0.1, 0.15) is 5.75 Å². The molecular weight excluding hydrogens is 252 g/mol. The Morgan fingerprint density at radius 3 is 2.50 bits per heavy atom. The molecule has 5 heteroatoms.